The maximum absolute atomic E-state index is 6.00. The molecular weight excluding hydrogens is 289 g/mol. The summed E-state index contributed by atoms with van der Waals surface area (Å²) in [5.41, 5.74) is 0.704. The molecule has 0 aromatic carbocycles. The Labute approximate surface area is 117 Å². The van der Waals surface area contributed by atoms with Crippen LogP contribution < -0.4 is 0 Å². The highest BCUT2D eigenvalue weighted by molar-refractivity contribution is 6.76. The third kappa shape index (κ3) is 3.23. The van der Waals surface area contributed by atoms with Crippen LogP contribution in [-0.4, -0.2) is 28.8 Å². The minimum atomic E-state index is -1.20. The number of nitrogens with zero attached hydrogens (tertiary/aromatic N) is 3. The zero-order valence-electron chi connectivity index (χ0n) is 10.6. The van der Waals surface area contributed by atoms with Crippen molar-refractivity contribution >= 4 is 42.3 Å². The van der Waals surface area contributed by atoms with Crippen molar-refractivity contribution < 1.29 is 4.74 Å². The summed E-state index contributed by atoms with van der Waals surface area (Å²) in [5.74, 6) is 0. The van der Waals surface area contributed by atoms with Gasteiger partial charge in [-0.05, 0) is 17.7 Å². The molecule has 0 unspecified atom stereocenters. The van der Waals surface area contributed by atoms with Gasteiger partial charge >= 0.3 is 0 Å². The molecule has 0 saturated heterocycles. The van der Waals surface area contributed by atoms with Gasteiger partial charge in [-0.3, -0.25) is 0 Å². The van der Waals surface area contributed by atoms with E-state index in [0.29, 0.717) is 17.5 Å². The number of rotatable bonds is 4. The smallest absolute Gasteiger partial charge is 0.225 e. The summed E-state index contributed by atoms with van der Waals surface area (Å²) < 4.78 is 7.59. The van der Waals surface area contributed by atoms with E-state index in [9.17, 15) is 0 Å². The van der Waals surface area contributed by atoms with Crippen LogP contribution in [0.3, 0.4) is 0 Å². The van der Waals surface area contributed by atoms with E-state index in [1.165, 1.54) is 0 Å². The SMILES string of the molecule is C[Si](C)(C)COCn1ccc2c(Cl)nc(Cl)nc21. The third-order valence-corrected chi connectivity index (χ3v) is 3.84. The van der Waals surface area contributed by atoms with Crippen molar-refractivity contribution in [3.8, 4) is 0 Å². The normalized spacial score (nSPS) is 12.3. The van der Waals surface area contributed by atoms with Gasteiger partial charge in [-0.2, -0.15) is 4.98 Å². The lowest BCUT2D eigenvalue weighted by molar-refractivity contribution is 0.112. The maximum Gasteiger partial charge on any atom is 0.225 e. The molecule has 0 amide bonds. The number of halogens is 2. The third-order valence-electron chi connectivity index (χ3n) is 2.31. The summed E-state index contributed by atoms with van der Waals surface area (Å²) in [4.78, 5) is 8.08. The molecule has 0 bridgehead atoms. The molecule has 2 aromatic rings. The molecule has 0 spiro atoms. The lowest BCUT2D eigenvalue weighted by atomic mass is 10.4. The van der Waals surface area contributed by atoms with Gasteiger partial charge in [0, 0.05) is 12.4 Å². The summed E-state index contributed by atoms with van der Waals surface area (Å²) >= 11 is 11.8. The standard InChI is InChI=1S/C11H15Cl2N3OSi/c1-18(2,3)7-17-6-16-5-4-8-9(12)14-11(13)15-10(8)16/h4-5H,6-7H2,1-3H3. The van der Waals surface area contributed by atoms with E-state index in [-0.39, 0.29) is 5.28 Å². The number of hydrogen-bond acceptors (Lipinski definition) is 3. The largest absolute Gasteiger partial charge is 0.364 e. The van der Waals surface area contributed by atoms with Crippen molar-refractivity contribution in [3.05, 3.63) is 22.7 Å². The first-order valence-corrected chi connectivity index (χ1v) is 10.1. The van der Waals surface area contributed by atoms with Gasteiger partial charge in [0.05, 0.1) is 13.5 Å². The molecule has 7 heteroatoms. The average Bonchev–Trinajstić information content (AvgIpc) is 2.60. The first-order valence-electron chi connectivity index (χ1n) is 5.62. The minimum absolute atomic E-state index is 0.151. The van der Waals surface area contributed by atoms with Crippen LogP contribution in [0.5, 0.6) is 0 Å². The summed E-state index contributed by atoms with van der Waals surface area (Å²) in [6.45, 7) is 7.24. The van der Waals surface area contributed by atoms with Gasteiger partial charge in [-0.15, -0.1) is 0 Å². The predicted octanol–water partition coefficient (Wildman–Crippen LogP) is 3.59. The molecular formula is C11H15Cl2N3OSi. The fourth-order valence-electron chi connectivity index (χ4n) is 1.56. The topological polar surface area (TPSA) is 39.9 Å². The molecule has 0 atom stereocenters. The van der Waals surface area contributed by atoms with Crippen LogP contribution in [0.15, 0.2) is 12.3 Å². The van der Waals surface area contributed by atoms with Crippen LogP contribution in [0, 0.1) is 0 Å². The van der Waals surface area contributed by atoms with Crippen LogP contribution in [0.25, 0.3) is 11.0 Å². The fourth-order valence-corrected chi connectivity index (χ4v) is 2.70. The van der Waals surface area contributed by atoms with Gasteiger partial charge in [0.15, 0.2) is 0 Å². The molecule has 18 heavy (non-hydrogen) atoms. The first kappa shape index (κ1) is 13.8. The lowest BCUT2D eigenvalue weighted by Gasteiger charge is -2.16. The molecule has 0 aliphatic carbocycles. The Bertz CT molecular complexity index is 565. The highest BCUT2D eigenvalue weighted by Gasteiger charge is 2.14. The van der Waals surface area contributed by atoms with Crippen LogP contribution in [0.1, 0.15) is 0 Å². The number of fused-ring (bicyclic) bond motifs is 1. The zero-order chi connectivity index (χ0) is 13.3. The second-order valence-electron chi connectivity index (χ2n) is 5.34. The van der Waals surface area contributed by atoms with E-state index < -0.39 is 8.07 Å². The average molecular weight is 304 g/mol. The van der Waals surface area contributed by atoms with Crippen LogP contribution in [0.2, 0.25) is 30.1 Å². The molecule has 98 valence electrons. The second-order valence-corrected chi connectivity index (χ2v) is 11.5. The van der Waals surface area contributed by atoms with Crippen molar-refractivity contribution in [1.82, 2.24) is 14.5 Å². The molecule has 0 aliphatic heterocycles. The zero-order valence-corrected chi connectivity index (χ0v) is 13.1. The van der Waals surface area contributed by atoms with Crippen molar-refractivity contribution in [2.24, 2.45) is 0 Å². The second kappa shape index (κ2) is 5.17. The molecule has 2 heterocycles. The van der Waals surface area contributed by atoms with Gasteiger partial charge in [0.25, 0.3) is 0 Å². The lowest BCUT2D eigenvalue weighted by Crippen LogP contribution is -2.28. The molecule has 0 saturated carbocycles. The Morgan fingerprint density at radius 2 is 2.00 bits per heavy atom. The van der Waals surface area contributed by atoms with Gasteiger partial charge in [0.1, 0.15) is 17.5 Å². The van der Waals surface area contributed by atoms with E-state index in [1.807, 2.05) is 16.8 Å². The minimum Gasteiger partial charge on any atom is -0.364 e. The van der Waals surface area contributed by atoms with Crippen molar-refractivity contribution in [3.63, 3.8) is 0 Å². The molecule has 0 fully saturated rings. The molecule has 0 aliphatic rings. The Morgan fingerprint density at radius 3 is 2.67 bits per heavy atom. The Hall–Kier alpha value is -0.623. The quantitative estimate of drug-likeness (QED) is 0.492. The Morgan fingerprint density at radius 1 is 1.28 bits per heavy atom. The number of hydrogen-bond donors (Lipinski definition) is 0. The van der Waals surface area contributed by atoms with E-state index in [0.717, 1.165) is 11.6 Å². The Kier molecular flexibility index (Phi) is 3.96. The summed E-state index contributed by atoms with van der Waals surface area (Å²) in [6, 6.07) is 1.87. The predicted molar refractivity (Wildman–Crippen MR) is 76.8 cm³/mol. The van der Waals surface area contributed by atoms with Crippen molar-refractivity contribution in [2.45, 2.75) is 26.4 Å². The van der Waals surface area contributed by atoms with E-state index in [2.05, 4.69) is 29.6 Å². The highest BCUT2D eigenvalue weighted by Crippen LogP contribution is 2.23. The monoisotopic (exact) mass is 303 g/mol. The summed E-state index contributed by atoms with van der Waals surface area (Å²) in [7, 11) is -1.20. The van der Waals surface area contributed by atoms with Gasteiger partial charge in [-0.1, -0.05) is 31.2 Å². The molecule has 0 radical (unpaired) electrons. The Balaban J connectivity index is 2.19. The van der Waals surface area contributed by atoms with Crippen LogP contribution in [0.4, 0.5) is 0 Å². The number of ether oxygens (including phenoxy) is 1. The molecule has 4 nitrogen and oxygen atoms in total. The number of aromatic nitrogens is 3. The molecule has 2 aromatic heterocycles. The van der Waals surface area contributed by atoms with Gasteiger partial charge in [0.2, 0.25) is 5.28 Å². The highest BCUT2D eigenvalue weighted by atomic mass is 35.5. The molecule has 0 N–H and O–H groups in total. The van der Waals surface area contributed by atoms with Crippen molar-refractivity contribution in [1.29, 1.82) is 0 Å². The molecule has 2 rings (SSSR count). The summed E-state index contributed by atoms with van der Waals surface area (Å²) in [6.07, 6.45) is 2.69. The van der Waals surface area contributed by atoms with Crippen LogP contribution >= 0.6 is 23.2 Å². The van der Waals surface area contributed by atoms with Gasteiger partial charge < -0.3 is 9.30 Å². The van der Waals surface area contributed by atoms with Gasteiger partial charge in [-0.25, -0.2) is 4.98 Å². The van der Waals surface area contributed by atoms with E-state index >= 15 is 0 Å². The maximum atomic E-state index is 6.00. The first-order chi connectivity index (χ1) is 8.37. The van der Waals surface area contributed by atoms with Crippen molar-refractivity contribution in [2.75, 3.05) is 6.23 Å². The summed E-state index contributed by atoms with van der Waals surface area (Å²) in [5, 5.41) is 1.31. The van der Waals surface area contributed by atoms with E-state index in [1.54, 1.807) is 0 Å². The van der Waals surface area contributed by atoms with Crippen LogP contribution in [-0.2, 0) is 11.5 Å². The fraction of sp³-hybridized carbons (Fsp3) is 0.455. The van der Waals surface area contributed by atoms with E-state index in [4.69, 9.17) is 27.9 Å².